The minimum absolute atomic E-state index is 0.198. The van der Waals surface area contributed by atoms with Crippen molar-refractivity contribution in [3.63, 3.8) is 0 Å². The molecule has 2 nitrogen and oxygen atoms in total. The predicted molar refractivity (Wildman–Crippen MR) is 94.1 cm³/mol. The number of unbranched alkanes of at least 4 members (excludes halogenated alkanes) is 2. The largest absolute Gasteiger partial charge is 0.508 e. The lowest BCUT2D eigenvalue weighted by Gasteiger charge is -2.05. The van der Waals surface area contributed by atoms with Gasteiger partial charge in [0, 0.05) is 5.56 Å². The predicted octanol–water partition coefficient (Wildman–Crippen LogP) is 6.30. The quantitative estimate of drug-likeness (QED) is 0.646. The van der Waals surface area contributed by atoms with Crippen LogP contribution in [0.25, 0.3) is 0 Å². The summed E-state index contributed by atoms with van der Waals surface area (Å²) in [5, 5.41) is 18.7. The van der Waals surface area contributed by atoms with Crippen molar-refractivity contribution in [2.24, 2.45) is 5.92 Å². The van der Waals surface area contributed by atoms with Crippen molar-refractivity contribution >= 4 is 0 Å². The average Bonchev–Trinajstić information content (AvgIpc) is 2.47. The van der Waals surface area contributed by atoms with E-state index in [0.29, 0.717) is 5.56 Å². The summed E-state index contributed by atoms with van der Waals surface area (Å²) in [5.41, 5.74) is 0.666. The fourth-order valence-corrected chi connectivity index (χ4v) is 1.78. The maximum atomic E-state index is 9.36. The van der Waals surface area contributed by atoms with E-state index in [9.17, 15) is 10.2 Å². The second kappa shape index (κ2) is 15.2. The lowest BCUT2D eigenvalue weighted by atomic mass is 10.1. The third-order valence-electron chi connectivity index (χ3n) is 3.04. The molecule has 2 heteroatoms. The third-order valence-corrected chi connectivity index (χ3v) is 3.04. The fraction of sp³-hybridized carbons (Fsp3) is 0.684. The first kappa shape index (κ1) is 22.1. The van der Waals surface area contributed by atoms with Crippen molar-refractivity contribution in [2.45, 2.75) is 80.1 Å². The van der Waals surface area contributed by atoms with Crippen LogP contribution in [-0.4, -0.2) is 10.2 Å². The number of benzene rings is 1. The van der Waals surface area contributed by atoms with Crippen LogP contribution in [-0.2, 0) is 6.42 Å². The number of aromatic hydroxyl groups is 2. The zero-order valence-electron chi connectivity index (χ0n) is 14.9. The van der Waals surface area contributed by atoms with E-state index in [1.54, 1.807) is 18.2 Å². The van der Waals surface area contributed by atoms with Crippen molar-refractivity contribution in [2.75, 3.05) is 0 Å². The van der Waals surface area contributed by atoms with E-state index in [1.807, 2.05) is 13.8 Å². The van der Waals surface area contributed by atoms with E-state index in [-0.39, 0.29) is 11.5 Å². The average molecular weight is 296 g/mol. The second-order valence-electron chi connectivity index (χ2n) is 5.41. The van der Waals surface area contributed by atoms with Gasteiger partial charge in [-0.1, -0.05) is 73.3 Å². The second-order valence-corrected chi connectivity index (χ2v) is 5.41. The number of hydrogen-bond acceptors (Lipinski definition) is 2. The molecule has 0 unspecified atom stereocenters. The van der Waals surface area contributed by atoms with E-state index < -0.39 is 0 Å². The van der Waals surface area contributed by atoms with Gasteiger partial charge in [-0.25, -0.2) is 0 Å². The molecular formula is C19H36O2. The Morgan fingerprint density at radius 2 is 1.38 bits per heavy atom. The maximum absolute atomic E-state index is 9.36. The minimum atomic E-state index is 0.198. The molecule has 1 aromatic rings. The molecule has 124 valence electrons. The fourth-order valence-electron chi connectivity index (χ4n) is 1.78. The van der Waals surface area contributed by atoms with Gasteiger partial charge in [0.25, 0.3) is 0 Å². The van der Waals surface area contributed by atoms with Gasteiger partial charge in [0.2, 0.25) is 0 Å². The molecule has 0 aromatic heterocycles. The van der Waals surface area contributed by atoms with E-state index in [2.05, 4.69) is 27.7 Å². The zero-order valence-corrected chi connectivity index (χ0v) is 14.9. The van der Waals surface area contributed by atoms with Gasteiger partial charge in [0.05, 0.1) is 0 Å². The normalized spacial score (nSPS) is 9.48. The minimum Gasteiger partial charge on any atom is -0.508 e. The Labute approximate surface area is 132 Å². The van der Waals surface area contributed by atoms with Gasteiger partial charge in [-0.3, -0.25) is 0 Å². The molecule has 1 rings (SSSR count). The van der Waals surface area contributed by atoms with Gasteiger partial charge in [-0.15, -0.1) is 0 Å². The molecule has 0 aliphatic rings. The molecule has 0 aliphatic carbocycles. The van der Waals surface area contributed by atoms with Crippen LogP contribution < -0.4 is 0 Å². The molecule has 2 N–H and O–H groups in total. The first-order valence-electron chi connectivity index (χ1n) is 8.52. The topological polar surface area (TPSA) is 40.5 Å². The van der Waals surface area contributed by atoms with Gasteiger partial charge in [-0.2, -0.15) is 0 Å². The molecule has 1 aromatic carbocycles. The van der Waals surface area contributed by atoms with Crippen LogP contribution >= 0.6 is 0 Å². The van der Waals surface area contributed by atoms with Gasteiger partial charge in [-0.05, 0) is 30.9 Å². The summed E-state index contributed by atoms with van der Waals surface area (Å²) in [7, 11) is 0. The number of phenolic OH excluding ortho intramolecular Hbond substituents is 2. The summed E-state index contributed by atoms with van der Waals surface area (Å²) in [6.07, 6.45) is 6.94. The van der Waals surface area contributed by atoms with Crippen molar-refractivity contribution in [1.82, 2.24) is 0 Å². The number of rotatable bonds is 6. The number of hydrogen-bond donors (Lipinski definition) is 2. The Morgan fingerprint density at radius 1 is 0.905 bits per heavy atom. The molecule has 0 saturated carbocycles. The summed E-state index contributed by atoms with van der Waals surface area (Å²) >= 11 is 0. The van der Waals surface area contributed by atoms with Crippen LogP contribution in [0.5, 0.6) is 11.5 Å². The van der Waals surface area contributed by atoms with Gasteiger partial charge < -0.3 is 10.2 Å². The van der Waals surface area contributed by atoms with Crippen LogP contribution in [0.3, 0.4) is 0 Å². The lowest BCUT2D eigenvalue weighted by molar-refractivity contribution is 0.436. The van der Waals surface area contributed by atoms with Crippen molar-refractivity contribution in [1.29, 1.82) is 0 Å². The van der Waals surface area contributed by atoms with Crippen LogP contribution in [0.2, 0.25) is 0 Å². The molecule has 0 fully saturated rings. The highest BCUT2D eigenvalue weighted by Crippen LogP contribution is 2.27. The third kappa shape index (κ3) is 12.3. The highest BCUT2D eigenvalue weighted by molar-refractivity contribution is 5.42. The van der Waals surface area contributed by atoms with E-state index in [1.165, 1.54) is 19.3 Å². The first-order valence-corrected chi connectivity index (χ1v) is 8.52. The molecule has 0 radical (unpaired) electrons. The summed E-state index contributed by atoms with van der Waals surface area (Å²) in [4.78, 5) is 0. The molecule has 0 aliphatic heterocycles. The molecular weight excluding hydrogens is 260 g/mol. The molecule has 0 saturated heterocycles. The Kier molecular flexibility index (Phi) is 16.0. The molecule has 0 heterocycles. The number of phenols is 2. The zero-order chi connectivity index (χ0) is 16.7. The van der Waals surface area contributed by atoms with Crippen LogP contribution in [0, 0.1) is 5.92 Å². The summed E-state index contributed by atoms with van der Waals surface area (Å²) < 4.78 is 0. The molecule has 0 bridgehead atoms. The van der Waals surface area contributed by atoms with Crippen molar-refractivity contribution in [3.8, 4) is 11.5 Å². The van der Waals surface area contributed by atoms with Crippen LogP contribution in [0.1, 0.15) is 79.2 Å². The van der Waals surface area contributed by atoms with Gasteiger partial charge >= 0.3 is 0 Å². The van der Waals surface area contributed by atoms with Crippen molar-refractivity contribution < 1.29 is 10.2 Å². The Balaban J connectivity index is 0. The Bertz CT molecular complexity index is 312. The van der Waals surface area contributed by atoms with Crippen molar-refractivity contribution in [3.05, 3.63) is 23.8 Å². The molecule has 0 amide bonds. The van der Waals surface area contributed by atoms with E-state index >= 15 is 0 Å². The van der Waals surface area contributed by atoms with Crippen LogP contribution in [0.15, 0.2) is 18.2 Å². The smallest absolute Gasteiger partial charge is 0.122 e. The van der Waals surface area contributed by atoms with Gasteiger partial charge in [0.1, 0.15) is 11.5 Å². The summed E-state index contributed by atoms with van der Waals surface area (Å²) in [5.74, 6) is 1.30. The summed E-state index contributed by atoms with van der Waals surface area (Å²) in [6, 6.07) is 4.84. The monoisotopic (exact) mass is 296 g/mol. The SMILES string of the molecule is CC.CCCCC(C)C.CCCCc1c(O)cccc1O. The van der Waals surface area contributed by atoms with Crippen LogP contribution in [0.4, 0.5) is 0 Å². The van der Waals surface area contributed by atoms with E-state index in [0.717, 1.165) is 25.2 Å². The Morgan fingerprint density at radius 3 is 1.71 bits per heavy atom. The highest BCUT2D eigenvalue weighted by atomic mass is 16.3. The summed E-state index contributed by atoms with van der Waals surface area (Å²) in [6.45, 7) is 12.9. The lowest BCUT2D eigenvalue weighted by Crippen LogP contribution is -1.86. The standard InChI is InChI=1S/C10H14O2.C7H16.C2H6/c1-2-3-5-8-9(11)6-4-7-10(8)12;1-4-5-6-7(2)3;1-2/h4,6-7,11-12H,2-3,5H2,1H3;7H,4-6H2,1-3H3;1-2H3. The maximum Gasteiger partial charge on any atom is 0.122 e. The highest BCUT2D eigenvalue weighted by Gasteiger charge is 2.04. The first-order chi connectivity index (χ1) is 10.0. The molecule has 0 atom stereocenters. The Hall–Kier alpha value is -1.18. The molecule has 21 heavy (non-hydrogen) atoms. The van der Waals surface area contributed by atoms with Gasteiger partial charge in [0.15, 0.2) is 0 Å². The molecule has 0 spiro atoms. The van der Waals surface area contributed by atoms with E-state index in [4.69, 9.17) is 0 Å².